The summed E-state index contributed by atoms with van der Waals surface area (Å²) in [5, 5.41) is 5.18. The second kappa shape index (κ2) is 7.58. The maximum atomic E-state index is 6.03. The quantitative estimate of drug-likeness (QED) is 0.480. The van der Waals surface area contributed by atoms with Gasteiger partial charge in [0.05, 0.1) is 25.8 Å². The van der Waals surface area contributed by atoms with Crippen molar-refractivity contribution in [2.45, 2.75) is 6.42 Å². The summed E-state index contributed by atoms with van der Waals surface area (Å²) in [6, 6.07) is 13.7. The van der Waals surface area contributed by atoms with Crippen LogP contribution in [0.25, 0.3) is 20.8 Å². The topological polar surface area (TPSA) is 50.7 Å². The Hall–Kier alpha value is -2.21. The Morgan fingerprint density at radius 1 is 1.08 bits per heavy atom. The van der Waals surface area contributed by atoms with Crippen LogP contribution < -0.4 is 5.32 Å². The van der Waals surface area contributed by atoms with Gasteiger partial charge in [0.1, 0.15) is 11.2 Å². The summed E-state index contributed by atoms with van der Waals surface area (Å²) in [5.74, 6) is 0.537. The fourth-order valence-electron chi connectivity index (χ4n) is 2.49. The second-order valence-electron chi connectivity index (χ2n) is 5.63. The average Bonchev–Trinajstić information content (AvgIpc) is 3.09. The molecule has 0 fully saturated rings. The molecule has 0 aliphatic heterocycles. The smallest absolute Gasteiger partial charge is 0.223 e. The van der Waals surface area contributed by atoms with Crippen molar-refractivity contribution < 1.29 is 0 Å². The van der Waals surface area contributed by atoms with Gasteiger partial charge in [-0.15, -0.1) is 11.3 Å². The van der Waals surface area contributed by atoms with Gasteiger partial charge >= 0.3 is 0 Å². The summed E-state index contributed by atoms with van der Waals surface area (Å²) in [6.07, 6.45) is 5.55. The predicted molar refractivity (Wildman–Crippen MR) is 108 cm³/mol. The van der Waals surface area contributed by atoms with E-state index in [9.17, 15) is 0 Å². The zero-order valence-corrected chi connectivity index (χ0v) is 15.9. The third-order valence-corrected chi connectivity index (χ3v) is 5.61. The molecule has 0 atom stereocenters. The van der Waals surface area contributed by atoms with Gasteiger partial charge in [-0.25, -0.2) is 15.0 Å². The molecule has 7 heteroatoms. The van der Waals surface area contributed by atoms with E-state index in [1.807, 2.05) is 30.3 Å². The Labute approximate surface area is 164 Å². The number of nitrogens with zero attached hydrogens (tertiary/aromatic N) is 3. The molecule has 0 aliphatic carbocycles. The van der Waals surface area contributed by atoms with Crippen LogP contribution in [0.3, 0.4) is 0 Å². The van der Waals surface area contributed by atoms with Crippen LogP contribution in [-0.4, -0.2) is 21.5 Å². The third kappa shape index (κ3) is 3.80. The van der Waals surface area contributed by atoms with Crippen LogP contribution in [-0.2, 0) is 6.42 Å². The van der Waals surface area contributed by atoms with Gasteiger partial charge in [0.15, 0.2) is 0 Å². The summed E-state index contributed by atoms with van der Waals surface area (Å²) < 4.78 is 1.14. The largest absolute Gasteiger partial charge is 0.354 e. The maximum Gasteiger partial charge on any atom is 0.223 e. The minimum Gasteiger partial charge on any atom is -0.354 e. The number of aromatic nitrogens is 3. The summed E-state index contributed by atoms with van der Waals surface area (Å²) >= 11 is 13.6. The Morgan fingerprint density at radius 3 is 2.73 bits per heavy atom. The number of anilines is 1. The van der Waals surface area contributed by atoms with E-state index >= 15 is 0 Å². The SMILES string of the molecule is Clc1ccc(CCNc2n[c]c(-c3nc4ccccc4s3)cn2)cc1Cl. The molecule has 4 rings (SSSR count). The molecule has 129 valence electrons. The van der Waals surface area contributed by atoms with Crippen LogP contribution in [0.15, 0.2) is 48.7 Å². The van der Waals surface area contributed by atoms with E-state index in [1.165, 1.54) is 0 Å². The van der Waals surface area contributed by atoms with Gasteiger partial charge in [-0.1, -0.05) is 41.4 Å². The molecule has 2 aromatic carbocycles. The number of hydrogen-bond acceptors (Lipinski definition) is 5. The molecule has 0 saturated carbocycles. The molecule has 26 heavy (non-hydrogen) atoms. The fraction of sp³-hybridized carbons (Fsp3) is 0.105. The highest BCUT2D eigenvalue weighted by atomic mass is 35.5. The summed E-state index contributed by atoms with van der Waals surface area (Å²) in [6.45, 7) is 0.687. The highest BCUT2D eigenvalue weighted by Crippen LogP contribution is 2.29. The molecule has 0 bridgehead atoms. The number of hydrogen-bond donors (Lipinski definition) is 1. The van der Waals surface area contributed by atoms with Gasteiger partial charge in [0.2, 0.25) is 5.95 Å². The van der Waals surface area contributed by atoms with Crippen molar-refractivity contribution >= 4 is 50.7 Å². The molecule has 1 radical (unpaired) electrons. The monoisotopic (exact) mass is 399 g/mol. The zero-order valence-electron chi connectivity index (χ0n) is 13.5. The summed E-state index contributed by atoms with van der Waals surface area (Å²) in [5.41, 5.74) is 2.87. The van der Waals surface area contributed by atoms with E-state index in [0.717, 1.165) is 32.8 Å². The van der Waals surface area contributed by atoms with Crippen LogP contribution >= 0.6 is 34.5 Å². The molecular weight excluding hydrogens is 387 g/mol. The summed E-state index contributed by atoms with van der Waals surface area (Å²) in [4.78, 5) is 13.2. The minimum atomic E-state index is 0.537. The Kier molecular flexibility index (Phi) is 5.02. The van der Waals surface area contributed by atoms with Gasteiger partial charge in [0, 0.05) is 12.7 Å². The zero-order chi connectivity index (χ0) is 17.9. The number of nitrogens with one attached hydrogen (secondary N) is 1. The molecule has 4 aromatic rings. The van der Waals surface area contributed by atoms with Crippen LogP contribution in [0.5, 0.6) is 0 Å². The molecular formula is C19H13Cl2N4S. The Balaban J connectivity index is 1.40. The van der Waals surface area contributed by atoms with Crippen LogP contribution in [0.4, 0.5) is 5.95 Å². The first kappa shape index (κ1) is 17.2. The van der Waals surface area contributed by atoms with Gasteiger partial charge in [-0.3, -0.25) is 0 Å². The first-order valence-corrected chi connectivity index (χ1v) is 9.55. The van der Waals surface area contributed by atoms with E-state index in [-0.39, 0.29) is 0 Å². The lowest BCUT2D eigenvalue weighted by molar-refractivity contribution is 0.983. The van der Waals surface area contributed by atoms with E-state index < -0.39 is 0 Å². The van der Waals surface area contributed by atoms with Crippen LogP contribution in [0.2, 0.25) is 10.0 Å². The highest BCUT2D eigenvalue weighted by molar-refractivity contribution is 7.21. The minimum absolute atomic E-state index is 0.537. The van der Waals surface area contributed by atoms with Crippen LogP contribution in [0, 0.1) is 6.20 Å². The number of fused-ring (bicyclic) bond motifs is 1. The molecule has 0 amide bonds. The molecule has 4 nitrogen and oxygen atoms in total. The van der Waals surface area contributed by atoms with Crippen LogP contribution in [0.1, 0.15) is 5.56 Å². The van der Waals surface area contributed by atoms with E-state index in [4.69, 9.17) is 23.2 Å². The summed E-state index contributed by atoms with van der Waals surface area (Å²) in [7, 11) is 0. The lowest BCUT2D eigenvalue weighted by Gasteiger charge is -2.06. The first-order valence-electron chi connectivity index (χ1n) is 7.97. The van der Waals surface area contributed by atoms with E-state index in [1.54, 1.807) is 23.6 Å². The van der Waals surface area contributed by atoms with Crippen molar-refractivity contribution in [2.75, 3.05) is 11.9 Å². The van der Waals surface area contributed by atoms with Gasteiger partial charge in [-0.2, -0.15) is 0 Å². The predicted octanol–water partition coefficient (Wildman–Crippen LogP) is 5.51. The molecule has 1 N–H and O–H groups in total. The van der Waals surface area contributed by atoms with E-state index in [2.05, 4.69) is 32.5 Å². The third-order valence-electron chi connectivity index (χ3n) is 3.80. The van der Waals surface area contributed by atoms with Gasteiger partial charge < -0.3 is 5.32 Å². The molecule has 0 aliphatic rings. The first-order chi connectivity index (χ1) is 12.7. The van der Waals surface area contributed by atoms with E-state index in [0.29, 0.717) is 22.5 Å². The van der Waals surface area contributed by atoms with Crippen molar-refractivity contribution in [3.05, 3.63) is 70.5 Å². The average molecular weight is 400 g/mol. The number of thiazole rings is 1. The fourth-order valence-corrected chi connectivity index (χ4v) is 3.73. The molecule has 0 spiro atoms. The highest BCUT2D eigenvalue weighted by Gasteiger charge is 2.08. The second-order valence-corrected chi connectivity index (χ2v) is 7.48. The van der Waals surface area contributed by atoms with Crippen molar-refractivity contribution in [3.63, 3.8) is 0 Å². The number of para-hydroxylation sites is 1. The van der Waals surface area contributed by atoms with Crippen molar-refractivity contribution in [3.8, 4) is 10.6 Å². The van der Waals surface area contributed by atoms with Gasteiger partial charge in [-0.05, 0) is 36.2 Å². The lowest BCUT2D eigenvalue weighted by atomic mass is 10.1. The Bertz CT molecular complexity index is 1010. The molecule has 2 heterocycles. The lowest BCUT2D eigenvalue weighted by Crippen LogP contribution is -2.07. The number of halogens is 2. The maximum absolute atomic E-state index is 6.03. The molecule has 0 unspecified atom stereocenters. The van der Waals surface area contributed by atoms with Crippen molar-refractivity contribution in [1.82, 2.24) is 15.0 Å². The number of rotatable bonds is 5. The standard InChI is InChI=1S/C19H13Cl2N4S/c20-14-6-5-12(9-15(14)21)7-8-22-19-23-10-13(11-24-19)18-25-16-3-1-2-4-17(16)26-18/h1-6,9-10H,7-8H2,(H,22,23,24). The molecule has 2 aromatic heterocycles. The molecule has 0 saturated heterocycles. The number of benzene rings is 2. The van der Waals surface area contributed by atoms with Crippen molar-refractivity contribution in [1.29, 1.82) is 0 Å². The van der Waals surface area contributed by atoms with Crippen molar-refractivity contribution in [2.24, 2.45) is 0 Å². The Morgan fingerprint density at radius 2 is 1.96 bits per heavy atom. The normalized spacial score (nSPS) is 11.0. The van der Waals surface area contributed by atoms with Gasteiger partial charge in [0.25, 0.3) is 0 Å².